The molecule has 0 saturated carbocycles. The first kappa shape index (κ1) is 24.0. The van der Waals surface area contributed by atoms with Crippen LogP contribution in [0.5, 0.6) is 0 Å². The summed E-state index contributed by atoms with van der Waals surface area (Å²) in [4.78, 5) is 22.4. The van der Waals surface area contributed by atoms with E-state index in [0.29, 0.717) is 11.4 Å². The number of benzene rings is 1. The highest BCUT2D eigenvalue weighted by molar-refractivity contribution is 5.86. The van der Waals surface area contributed by atoms with Gasteiger partial charge in [-0.3, -0.25) is 4.79 Å². The van der Waals surface area contributed by atoms with Crippen LogP contribution in [0.1, 0.15) is 62.7 Å². The van der Waals surface area contributed by atoms with Crippen molar-refractivity contribution >= 4 is 12.0 Å². The van der Waals surface area contributed by atoms with Gasteiger partial charge in [0.25, 0.3) is 0 Å². The largest absolute Gasteiger partial charge is 0.393 e. The van der Waals surface area contributed by atoms with Crippen LogP contribution in [0.25, 0.3) is 11.4 Å². The molecule has 6 heteroatoms. The summed E-state index contributed by atoms with van der Waals surface area (Å²) in [6.07, 6.45) is 10.7. The van der Waals surface area contributed by atoms with E-state index in [-0.39, 0.29) is 6.10 Å². The number of rotatable bonds is 10. The Labute approximate surface area is 180 Å². The molecule has 0 amide bonds. The van der Waals surface area contributed by atoms with Crippen LogP contribution in [0.4, 0.5) is 5.69 Å². The van der Waals surface area contributed by atoms with E-state index in [1.807, 2.05) is 32.0 Å². The monoisotopic (exact) mass is 412 g/mol. The predicted octanol–water partition coefficient (Wildman–Crippen LogP) is 4.41. The molecule has 3 rings (SSSR count). The van der Waals surface area contributed by atoms with Gasteiger partial charge in [0, 0.05) is 48.8 Å². The lowest BCUT2D eigenvalue weighted by Crippen LogP contribution is -2.36. The topological polar surface area (TPSA) is 78.4 Å². The number of hydrogen-bond donors (Lipinski definition) is 2. The fraction of sp³-hybridized carbons (Fsp3) is 0.542. The van der Waals surface area contributed by atoms with Crippen molar-refractivity contribution in [3.8, 4) is 11.4 Å². The van der Waals surface area contributed by atoms with Crippen molar-refractivity contribution in [3.05, 3.63) is 42.2 Å². The summed E-state index contributed by atoms with van der Waals surface area (Å²) in [7, 11) is 0. The Kier molecular flexibility index (Phi) is 11.0. The summed E-state index contributed by atoms with van der Waals surface area (Å²) in [6, 6.07) is 7.48. The van der Waals surface area contributed by atoms with E-state index in [0.717, 1.165) is 63.0 Å². The molecule has 30 heavy (non-hydrogen) atoms. The van der Waals surface area contributed by atoms with Crippen molar-refractivity contribution in [3.63, 3.8) is 0 Å². The fourth-order valence-corrected chi connectivity index (χ4v) is 3.59. The van der Waals surface area contributed by atoms with Gasteiger partial charge in [-0.25, -0.2) is 9.97 Å². The zero-order valence-corrected chi connectivity index (χ0v) is 18.4. The van der Waals surface area contributed by atoms with Crippen molar-refractivity contribution in [1.29, 1.82) is 0 Å². The number of piperidine rings is 1. The van der Waals surface area contributed by atoms with Gasteiger partial charge in [0.1, 0.15) is 0 Å². The third-order valence-electron chi connectivity index (χ3n) is 5.28. The zero-order valence-electron chi connectivity index (χ0n) is 18.4. The number of carbonyl (C=O) groups excluding carboxylic acids is 1. The number of aliphatic hydroxyl groups excluding tert-OH is 1. The molecule has 1 aliphatic heterocycles. The van der Waals surface area contributed by atoms with Crippen molar-refractivity contribution < 1.29 is 9.90 Å². The first-order valence-electron chi connectivity index (χ1n) is 11.3. The van der Waals surface area contributed by atoms with E-state index >= 15 is 0 Å². The summed E-state index contributed by atoms with van der Waals surface area (Å²) >= 11 is 0. The number of aldehydes is 1. The zero-order chi connectivity index (χ0) is 21.6. The van der Waals surface area contributed by atoms with E-state index in [2.05, 4.69) is 20.2 Å². The molecule has 1 aliphatic rings. The van der Waals surface area contributed by atoms with Crippen LogP contribution < -0.4 is 5.32 Å². The molecule has 2 aromatic rings. The Hall–Kier alpha value is -2.31. The SMILES string of the molecule is CC.O=Cc1cc(-c2ncccn2)ccc1NCCCCCCN1CCC(O)CC1. The number of anilines is 1. The van der Waals surface area contributed by atoms with Gasteiger partial charge >= 0.3 is 0 Å². The summed E-state index contributed by atoms with van der Waals surface area (Å²) in [6.45, 7) is 8.05. The number of nitrogens with one attached hydrogen (secondary N) is 1. The van der Waals surface area contributed by atoms with Crippen LogP contribution in [0, 0.1) is 0 Å². The van der Waals surface area contributed by atoms with Gasteiger partial charge in [-0.05, 0) is 56.5 Å². The third-order valence-corrected chi connectivity index (χ3v) is 5.28. The van der Waals surface area contributed by atoms with E-state index in [4.69, 9.17) is 0 Å². The first-order valence-corrected chi connectivity index (χ1v) is 11.3. The third kappa shape index (κ3) is 7.84. The first-order chi connectivity index (χ1) is 14.8. The summed E-state index contributed by atoms with van der Waals surface area (Å²) in [5.41, 5.74) is 2.34. The molecule has 0 aliphatic carbocycles. The summed E-state index contributed by atoms with van der Waals surface area (Å²) < 4.78 is 0. The number of carbonyl (C=O) groups is 1. The van der Waals surface area contributed by atoms with Gasteiger partial charge in [0.15, 0.2) is 12.1 Å². The lowest BCUT2D eigenvalue weighted by Gasteiger charge is -2.29. The fourth-order valence-electron chi connectivity index (χ4n) is 3.59. The summed E-state index contributed by atoms with van der Waals surface area (Å²) in [5.74, 6) is 0.625. The quantitative estimate of drug-likeness (QED) is 0.444. The Bertz CT molecular complexity index is 731. The minimum absolute atomic E-state index is 0.0899. The van der Waals surface area contributed by atoms with Gasteiger partial charge in [-0.1, -0.05) is 26.7 Å². The normalized spacial score (nSPS) is 14.6. The van der Waals surface area contributed by atoms with E-state index in [9.17, 15) is 9.90 Å². The minimum atomic E-state index is -0.0899. The molecule has 0 unspecified atom stereocenters. The molecule has 0 spiro atoms. The molecule has 0 radical (unpaired) electrons. The second-order valence-electron chi connectivity index (χ2n) is 7.41. The highest BCUT2D eigenvalue weighted by atomic mass is 16.3. The average Bonchev–Trinajstić information content (AvgIpc) is 2.81. The minimum Gasteiger partial charge on any atom is -0.393 e. The maximum absolute atomic E-state index is 11.5. The molecule has 0 atom stereocenters. The molecular weight excluding hydrogens is 376 g/mol. The van der Waals surface area contributed by atoms with Crippen molar-refractivity contribution in [2.75, 3.05) is 31.5 Å². The van der Waals surface area contributed by atoms with Crippen molar-refractivity contribution in [2.45, 2.75) is 58.5 Å². The van der Waals surface area contributed by atoms with Crippen molar-refractivity contribution in [1.82, 2.24) is 14.9 Å². The Morgan fingerprint density at radius 1 is 1.10 bits per heavy atom. The molecule has 2 heterocycles. The van der Waals surface area contributed by atoms with Crippen LogP contribution in [-0.2, 0) is 0 Å². The Balaban J connectivity index is 0.00000155. The van der Waals surface area contributed by atoms with Crippen LogP contribution >= 0.6 is 0 Å². The highest BCUT2D eigenvalue weighted by Crippen LogP contribution is 2.22. The van der Waals surface area contributed by atoms with Crippen LogP contribution in [0.3, 0.4) is 0 Å². The van der Waals surface area contributed by atoms with Crippen LogP contribution in [0.15, 0.2) is 36.7 Å². The Morgan fingerprint density at radius 3 is 2.50 bits per heavy atom. The summed E-state index contributed by atoms with van der Waals surface area (Å²) in [5, 5.41) is 12.9. The number of aliphatic hydroxyl groups is 1. The molecule has 1 fully saturated rings. The molecular formula is C24H36N4O2. The lowest BCUT2D eigenvalue weighted by molar-refractivity contribution is 0.0817. The van der Waals surface area contributed by atoms with Gasteiger partial charge in [0.2, 0.25) is 0 Å². The average molecular weight is 413 g/mol. The number of aromatic nitrogens is 2. The number of likely N-dealkylation sites (tertiary alicyclic amines) is 1. The highest BCUT2D eigenvalue weighted by Gasteiger charge is 2.15. The molecule has 2 N–H and O–H groups in total. The maximum Gasteiger partial charge on any atom is 0.159 e. The van der Waals surface area contributed by atoms with Gasteiger partial charge in [0.05, 0.1) is 6.10 Å². The second-order valence-corrected chi connectivity index (χ2v) is 7.41. The lowest BCUT2D eigenvalue weighted by atomic mass is 10.1. The molecule has 164 valence electrons. The van der Waals surface area contributed by atoms with Gasteiger partial charge < -0.3 is 15.3 Å². The molecule has 1 aromatic carbocycles. The number of hydrogen-bond acceptors (Lipinski definition) is 6. The van der Waals surface area contributed by atoms with Crippen LogP contribution in [-0.4, -0.2) is 58.5 Å². The van der Waals surface area contributed by atoms with Gasteiger partial charge in [-0.2, -0.15) is 0 Å². The molecule has 1 saturated heterocycles. The molecule has 6 nitrogen and oxygen atoms in total. The number of unbranched alkanes of at least 4 members (excludes halogenated alkanes) is 3. The van der Waals surface area contributed by atoms with Crippen LogP contribution in [0.2, 0.25) is 0 Å². The van der Waals surface area contributed by atoms with E-state index < -0.39 is 0 Å². The smallest absolute Gasteiger partial charge is 0.159 e. The van der Waals surface area contributed by atoms with E-state index in [1.54, 1.807) is 18.5 Å². The maximum atomic E-state index is 11.5. The molecule has 0 bridgehead atoms. The number of nitrogens with zero attached hydrogens (tertiary/aromatic N) is 3. The van der Waals surface area contributed by atoms with Crippen molar-refractivity contribution in [2.24, 2.45) is 0 Å². The Morgan fingerprint density at radius 2 is 1.80 bits per heavy atom. The second kappa shape index (κ2) is 13.8. The standard InChI is InChI=1S/C22H30N4O2.C2H6/c27-17-19-16-18(22-24-11-5-12-25-22)6-7-21(19)23-10-3-1-2-4-13-26-14-8-20(28)9-15-26;1-2/h5-7,11-12,16-17,20,23,28H,1-4,8-10,13-15H2;1-2H3. The van der Waals surface area contributed by atoms with E-state index in [1.165, 1.54) is 19.3 Å². The predicted molar refractivity (Wildman–Crippen MR) is 123 cm³/mol. The van der Waals surface area contributed by atoms with Gasteiger partial charge in [-0.15, -0.1) is 0 Å². The molecule has 1 aromatic heterocycles.